The van der Waals surface area contributed by atoms with E-state index in [2.05, 4.69) is 10.1 Å². The summed E-state index contributed by atoms with van der Waals surface area (Å²) in [7, 11) is 0. The Hall–Kier alpha value is -2.37. The molecule has 2 aromatic heterocycles. The number of carbonyl (C=O) groups is 1. The second kappa shape index (κ2) is 5.09. The molecule has 0 aliphatic carbocycles. The van der Waals surface area contributed by atoms with Crippen molar-refractivity contribution in [3.63, 3.8) is 0 Å². The third-order valence-corrected chi connectivity index (χ3v) is 3.02. The van der Waals surface area contributed by atoms with Gasteiger partial charge in [-0.15, -0.1) is 0 Å². The first-order valence-corrected chi connectivity index (χ1v) is 6.21. The quantitative estimate of drug-likeness (QED) is 0.857. The van der Waals surface area contributed by atoms with Gasteiger partial charge >= 0.3 is 0 Å². The van der Waals surface area contributed by atoms with E-state index in [0.29, 0.717) is 23.5 Å². The number of pyridine rings is 1. The summed E-state index contributed by atoms with van der Waals surface area (Å²) >= 11 is 0. The van der Waals surface area contributed by atoms with Crippen molar-refractivity contribution < 1.29 is 4.79 Å². The molecular formula is C13H17N5O. The minimum atomic E-state index is -0.530. The van der Waals surface area contributed by atoms with E-state index in [0.717, 1.165) is 17.8 Å². The number of amides is 1. The van der Waals surface area contributed by atoms with Gasteiger partial charge < -0.3 is 11.5 Å². The van der Waals surface area contributed by atoms with Crippen molar-refractivity contribution in [2.24, 2.45) is 5.73 Å². The van der Waals surface area contributed by atoms with Crippen molar-refractivity contribution in [3.05, 3.63) is 35.3 Å². The lowest BCUT2D eigenvalue weighted by Crippen LogP contribution is -2.17. The van der Waals surface area contributed by atoms with E-state index in [9.17, 15) is 4.79 Å². The van der Waals surface area contributed by atoms with E-state index in [1.807, 2.05) is 13.8 Å². The van der Waals surface area contributed by atoms with Crippen molar-refractivity contribution >= 4 is 11.6 Å². The Morgan fingerprint density at radius 2 is 2.11 bits per heavy atom. The van der Waals surface area contributed by atoms with E-state index in [4.69, 9.17) is 11.5 Å². The Bertz CT molecular complexity index is 617. The van der Waals surface area contributed by atoms with Gasteiger partial charge in [0.1, 0.15) is 0 Å². The van der Waals surface area contributed by atoms with Gasteiger partial charge in [-0.05, 0) is 25.0 Å². The first-order valence-electron chi connectivity index (χ1n) is 6.21. The lowest BCUT2D eigenvalue weighted by molar-refractivity contribution is 0.1000. The molecule has 0 aromatic carbocycles. The maximum atomic E-state index is 11.5. The minimum absolute atomic E-state index is 0.336. The van der Waals surface area contributed by atoms with Crippen LogP contribution in [0.5, 0.6) is 0 Å². The van der Waals surface area contributed by atoms with Crippen LogP contribution in [0.25, 0.3) is 5.82 Å². The fraction of sp³-hybridized carbons (Fsp3) is 0.308. The van der Waals surface area contributed by atoms with Crippen LogP contribution in [0.1, 0.15) is 35.6 Å². The molecule has 2 aromatic rings. The zero-order chi connectivity index (χ0) is 14.0. The monoisotopic (exact) mass is 259 g/mol. The van der Waals surface area contributed by atoms with Crippen LogP contribution in [0.3, 0.4) is 0 Å². The van der Waals surface area contributed by atoms with E-state index in [1.165, 1.54) is 0 Å². The summed E-state index contributed by atoms with van der Waals surface area (Å²) in [5, 5.41) is 4.43. The summed E-state index contributed by atoms with van der Waals surface area (Å²) in [4.78, 5) is 15.7. The van der Waals surface area contributed by atoms with Gasteiger partial charge in [-0.3, -0.25) is 4.79 Å². The third kappa shape index (κ3) is 2.16. The second-order valence-corrected chi connectivity index (χ2v) is 4.16. The maximum absolute atomic E-state index is 11.5. The molecule has 0 aliphatic rings. The Kier molecular flexibility index (Phi) is 3.50. The number of nitrogens with zero attached hydrogens (tertiary/aromatic N) is 3. The molecule has 0 saturated carbocycles. The Morgan fingerprint density at radius 1 is 1.37 bits per heavy atom. The Morgan fingerprint density at radius 3 is 2.68 bits per heavy atom. The minimum Gasteiger partial charge on any atom is -0.396 e. The second-order valence-electron chi connectivity index (χ2n) is 4.16. The molecule has 0 unspecified atom stereocenters. The van der Waals surface area contributed by atoms with Crippen LogP contribution in [-0.2, 0) is 12.8 Å². The van der Waals surface area contributed by atoms with E-state index < -0.39 is 5.91 Å². The summed E-state index contributed by atoms with van der Waals surface area (Å²) in [6.45, 7) is 3.96. The molecule has 100 valence electrons. The van der Waals surface area contributed by atoms with Crippen LogP contribution in [0.2, 0.25) is 0 Å². The highest BCUT2D eigenvalue weighted by atomic mass is 16.1. The molecule has 0 atom stereocenters. The molecule has 0 radical (unpaired) electrons. The van der Waals surface area contributed by atoms with E-state index in [-0.39, 0.29) is 0 Å². The number of rotatable bonds is 4. The summed E-state index contributed by atoms with van der Waals surface area (Å²) < 4.78 is 1.62. The van der Waals surface area contributed by atoms with Crippen LogP contribution in [0.4, 0.5) is 5.69 Å². The van der Waals surface area contributed by atoms with E-state index in [1.54, 1.807) is 23.0 Å². The highest BCUT2D eigenvalue weighted by Crippen LogP contribution is 2.22. The number of hydrogen-bond donors (Lipinski definition) is 2. The fourth-order valence-corrected chi connectivity index (χ4v) is 2.05. The molecule has 0 fully saturated rings. The first kappa shape index (κ1) is 13.1. The predicted octanol–water partition coefficient (Wildman–Crippen LogP) is 1.07. The zero-order valence-electron chi connectivity index (χ0n) is 11.1. The van der Waals surface area contributed by atoms with Gasteiger partial charge in [0.25, 0.3) is 5.91 Å². The van der Waals surface area contributed by atoms with Crippen LogP contribution in [0.15, 0.2) is 18.3 Å². The highest BCUT2D eigenvalue weighted by molar-refractivity contribution is 5.95. The zero-order valence-corrected chi connectivity index (χ0v) is 11.1. The number of hydrogen-bond acceptors (Lipinski definition) is 4. The molecule has 2 rings (SSSR count). The SMILES string of the molecule is CCc1nn(-c2ncccc2C(N)=O)c(CC)c1N. The number of nitrogens with two attached hydrogens (primary N) is 2. The third-order valence-electron chi connectivity index (χ3n) is 3.02. The lowest BCUT2D eigenvalue weighted by atomic mass is 10.2. The normalized spacial score (nSPS) is 10.6. The molecule has 0 bridgehead atoms. The van der Waals surface area contributed by atoms with Crippen molar-refractivity contribution in [3.8, 4) is 5.82 Å². The van der Waals surface area contributed by atoms with Gasteiger partial charge in [0.15, 0.2) is 5.82 Å². The number of aromatic nitrogens is 3. The standard InChI is InChI=1S/C13H17N5O/c1-3-9-11(14)10(4-2)18(17-9)13-8(12(15)19)6-5-7-16-13/h5-7H,3-4,14H2,1-2H3,(H2,15,19). The number of anilines is 1. The fourth-order valence-electron chi connectivity index (χ4n) is 2.05. The van der Waals surface area contributed by atoms with Gasteiger partial charge in [-0.25, -0.2) is 9.67 Å². The van der Waals surface area contributed by atoms with Crippen LogP contribution >= 0.6 is 0 Å². The van der Waals surface area contributed by atoms with Gasteiger partial charge in [-0.1, -0.05) is 13.8 Å². The highest BCUT2D eigenvalue weighted by Gasteiger charge is 2.18. The Labute approximate surface area is 111 Å². The van der Waals surface area contributed by atoms with E-state index >= 15 is 0 Å². The number of primary amides is 1. The molecule has 19 heavy (non-hydrogen) atoms. The smallest absolute Gasteiger partial charge is 0.252 e. The van der Waals surface area contributed by atoms with Crippen molar-refractivity contribution in [1.29, 1.82) is 0 Å². The average molecular weight is 259 g/mol. The topological polar surface area (TPSA) is 99.8 Å². The average Bonchev–Trinajstić information content (AvgIpc) is 2.74. The maximum Gasteiger partial charge on any atom is 0.252 e. The largest absolute Gasteiger partial charge is 0.396 e. The molecule has 4 N–H and O–H groups in total. The molecule has 2 heterocycles. The number of nitrogen functional groups attached to an aromatic ring is 1. The summed E-state index contributed by atoms with van der Waals surface area (Å²) in [5.41, 5.74) is 14.1. The van der Waals surface area contributed by atoms with Gasteiger partial charge in [0.05, 0.1) is 22.6 Å². The van der Waals surface area contributed by atoms with Gasteiger partial charge in [0.2, 0.25) is 0 Å². The van der Waals surface area contributed by atoms with Crippen LogP contribution in [0, 0.1) is 0 Å². The molecule has 0 aliphatic heterocycles. The molecule has 1 amide bonds. The van der Waals surface area contributed by atoms with Crippen LogP contribution in [-0.4, -0.2) is 20.7 Å². The number of carbonyl (C=O) groups excluding carboxylic acids is 1. The predicted molar refractivity (Wildman–Crippen MR) is 73.0 cm³/mol. The van der Waals surface area contributed by atoms with Gasteiger partial charge in [0, 0.05) is 6.20 Å². The first-order chi connectivity index (χ1) is 9.10. The van der Waals surface area contributed by atoms with Crippen molar-refractivity contribution in [2.75, 3.05) is 5.73 Å². The van der Waals surface area contributed by atoms with Crippen LogP contribution < -0.4 is 11.5 Å². The molecular weight excluding hydrogens is 242 g/mol. The summed E-state index contributed by atoms with van der Waals surface area (Å²) in [6.07, 6.45) is 3.03. The molecule has 0 saturated heterocycles. The molecule has 6 nitrogen and oxygen atoms in total. The van der Waals surface area contributed by atoms with Crippen molar-refractivity contribution in [2.45, 2.75) is 26.7 Å². The van der Waals surface area contributed by atoms with Crippen molar-refractivity contribution in [1.82, 2.24) is 14.8 Å². The molecule has 0 spiro atoms. The number of aryl methyl sites for hydroxylation is 1. The summed E-state index contributed by atoms with van der Waals surface area (Å²) in [6, 6.07) is 3.30. The lowest BCUT2D eigenvalue weighted by Gasteiger charge is -2.08. The summed E-state index contributed by atoms with van der Waals surface area (Å²) in [5.74, 6) is -0.101. The van der Waals surface area contributed by atoms with Gasteiger partial charge in [-0.2, -0.15) is 5.10 Å². The Balaban J connectivity index is 2.68. The molecule has 6 heteroatoms.